The molecule has 0 aliphatic rings. The van der Waals surface area contributed by atoms with Gasteiger partial charge in [0.1, 0.15) is 0 Å². The number of amides is 1. The molecule has 0 saturated carbocycles. The van der Waals surface area contributed by atoms with Crippen molar-refractivity contribution in [1.82, 2.24) is 5.32 Å². The van der Waals surface area contributed by atoms with E-state index in [0.717, 1.165) is 19.4 Å². The van der Waals surface area contributed by atoms with Gasteiger partial charge in [-0.2, -0.15) is 0 Å². The number of nitrogens with two attached hydrogens (primary N) is 2. The summed E-state index contributed by atoms with van der Waals surface area (Å²) in [5, 5.41) is 2.83. The summed E-state index contributed by atoms with van der Waals surface area (Å²) in [5.41, 5.74) is 12.8. The fourth-order valence-corrected chi connectivity index (χ4v) is 1.63. The van der Waals surface area contributed by atoms with Crippen molar-refractivity contribution < 1.29 is 9.53 Å². The van der Waals surface area contributed by atoms with E-state index in [1.807, 2.05) is 13.8 Å². The molecule has 1 amide bonds. The third-order valence-electron chi connectivity index (χ3n) is 2.63. The van der Waals surface area contributed by atoms with Gasteiger partial charge in [-0.05, 0) is 44.9 Å². The number of unbranched alkanes of at least 4 members (excludes halogenated alkanes) is 1. The van der Waals surface area contributed by atoms with Gasteiger partial charge in [0.25, 0.3) is 5.91 Å². The third-order valence-corrected chi connectivity index (χ3v) is 2.63. The molecule has 106 valence electrons. The van der Waals surface area contributed by atoms with Crippen LogP contribution in [-0.4, -0.2) is 25.2 Å². The molecule has 19 heavy (non-hydrogen) atoms. The van der Waals surface area contributed by atoms with Crippen molar-refractivity contribution in [1.29, 1.82) is 0 Å². The highest BCUT2D eigenvalue weighted by Crippen LogP contribution is 2.15. The van der Waals surface area contributed by atoms with Gasteiger partial charge in [0.05, 0.1) is 11.7 Å². The summed E-state index contributed by atoms with van der Waals surface area (Å²) < 4.78 is 5.42. The van der Waals surface area contributed by atoms with Crippen LogP contribution in [0.5, 0.6) is 0 Å². The fourth-order valence-electron chi connectivity index (χ4n) is 1.63. The molecule has 5 heteroatoms. The number of rotatable bonds is 7. The van der Waals surface area contributed by atoms with Gasteiger partial charge in [-0.1, -0.05) is 0 Å². The van der Waals surface area contributed by atoms with E-state index in [0.29, 0.717) is 23.5 Å². The molecule has 0 heterocycles. The molecule has 5 N–H and O–H groups in total. The van der Waals surface area contributed by atoms with Crippen LogP contribution in [0.4, 0.5) is 11.4 Å². The van der Waals surface area contributed by atoms with E-state index in [9.17, 15) is 4.79 Å². The Hall–Kier alpha value is -1.75. The third kappa shape index (κ3) is 5.61. The molecule has 0 fully saturated rings. The first kappa shape index (κ1) is 15.3. The molecule has 0 bridgehead atoms. The van der Waals surface area contributed by atoms with Gasteiger partial charge >= 0.3 is 0 Å². The molecular formula is C14H23N3O2. The average molecular weight is 265 g/mol. The van der Waals surface area contributed by atoms with Crippen LogP contribution in [0, 0.1) is 0 Å². The van der Waals surface area contributed by atoms with E-state index in [1.165, 1.54) is 0 Å². The minimum Gasteiger partial charge on any atom is -0.399 e. The Balaban J connectivity index is 2.28. The maximum Gasteiger partial charge on any atom is 0.253 e. The van der Waals surface area contributed by atoms with E-state index < -0.39 is 0 Å². The minimum absolute atomic E-state index is 0.165. The number of hydrogen-bond donors (Lipinski definition) is 3. The number of nitrogen functional groups attached to an aromatic ring is 2. The predicted octanol–water partition coefficient (Wildman–Crippen LogP) is 1.79. The molecule has 0 aliphatic heterocycles. The number of carbonyl (C=O) groups is 1. The summed E-state index contributed by atoms with van der Waals surface area (Å²) in [6, 6.07) is 4.90. The van der Waals surface area contributed by atoms with Gasteiger partial charge in [-0.25, -0.2) is 0 Å². The van der Waals surface area contributed by atoms with Gasteiger partial charge in [0.2, 0.25) is 0 Å². The Bertz CT molecular complexity index is 419. The summed E-state index contributed by atoms with van der Waals surface area (Å²) in [6.07, 6.45) is 2.06. The maximum absolute atomic E-state index is 11.9. The van der Waals surface area contributed by atoms with E-state index in [2.05, 4.69) is 5.32 Å². The van der Waals surface area contributed by atoms with Crippen molar-refractivity contribution in [2.75, 3.05) is 24.6 Å². The van der Waals surface area contributed by atoms with Crippen LogP contribution in [0.1, 0.15) is 37.0 Å². The molecule has 1 aromatic rings. The van der Waals surface area contributed by atoms with Crippen molar-refractivity contribution in [3.8, 4) is 0 Å². The van der Waals surface area contributed by atoms with Crippen LogP contribution in [-0.2, 0) is 4.74 Å². The van der Waals surface area contributed by atoms with Gasteiger partial charge in [0.15, 0.2) is 0 Å². The largest absolute Gasteiger partial charge is 0.399 e. The van der Waals surface area contributed by atoms with Crippen molar-refractivity contribution in [3.05, 3.63) is 23.8 Å². The Morgan fingerprint density at radius 1 is 1.32 bits per heavy atom. The molecule has 5 nitrogen and oxygen atoms in total. The summed E-state index contributed by atoms with van der Waals surface area (Å²) in [4.78, 5) is 11.9. The zero-order chi connectivity index (χ0) is 14.3. The first-order chi connectivity index (χ1) is 9.00. The van der Waals surface area contributed by atoms with E-state index in [1.54, 1.807) is 18.2 Å². The smallest absolute Gasteiger partial charge is 0.253 e. The van der Waals surface area contributed by atoms with Crippen molar-refractivity contribution in [3.63, 3.8) is 0 Å². The molecule has 0 saturated heterocycles. The van der Waals surface area contributed by atoms with Crippen LogP contribution in [0.2, 0.25) is 0 Å². The first-order valence-electron chi connectivity index (χ1n) is 6.55. The second-order valence-electron chi connectivity index (χ2n) is 4.73. The summed E-state index contributed by atoms with van der Waals surface area (Å²) in [6.45, 7) is 5.35. The number of anilines is 2. The summed E-state index contributed by atoms with van der Waals surface area (Å²) in [5.74, 6) is -0.165. The SMILES string of the molecule is CC(C)OCCCCNC(=O)c1ccc(N)cc1N. The van der Waals surface area contributed by atoms with Gasteiger partial charge in [0, 0.05) is 24.5 Å². The van der Waals surface area contributed by atoms with Crippen molar-refractivity contribution >= 4 is 17.3 Å². The molecule has 0 aromatic heterocycles. The Labute approximate surface area is 114 Å². The quantitative estimate of drug-likeness (QED) is 0.518. The molecule has 1 aromatic carbocycles. The zero-order valence-corrected chi connectivity index (χ0v) is 11.6. The van der Waals surface area contributed by atoms with Crippen LogP contribution in [0.15, 0.2) is 18.2 Å². The molecule has 0 spiro atoms. The lowest BCUT2D eigenvalue weighted by atomic mass is 10.1. The molecule has 0 atom stereocenters. The van der Waals surface area contributed by atoms with Gasteiger partial charge in [-0.3, -0.25) is 4.79 Å². The number of benzene rings is 1. The topological polar surface area (TPSA) is 90.4 Å². The number of carbonyl (C=O) groups excluding carboxylic acids is 1. The van der Waals surface area contributed by atoms with E-state index >= 15 is 0 Å². The second-order valence-corrected chi connectivity index (χ2v) is 4.73. The monoisotopic (exact) mass is 265 g/mol. The Morgan fingerprint density at radius 2 is 2.05 bits per heavy atom. The molecule has 0 aliphatic carbocycles. The standard InChI is InChI=1S/C14H23N3O2/c1-10(2)19-8-4-3-7-17-14(18)12-6-5-11(15)9-13(12)16/h5-6,9-10H,3-4,7-8,15-16H2,1-2H3,(H,17,18). The number of nitrogens with one attached hydrogen (secondary N) is 1. The summed E-state index contributed by atoms with van der Waals surface area (Å²) >= 11 is 0. The highest BCUT2D eigenvalue weighted by molar-refractivity contribution is 5.99. The van der Waals surface area contributed by atoms with Gasteiger partial charge in [-0.15, -0.1) is 0 Å². The maximum atomic E-state index is 11.9. The number of hydrogen-bond acceptors (Lipinski definition) is 4. The minimum atomic E-state index is -0.165. The zero-order valence-electron chi connectivity index (χ0n) is 11.6. The van der Waals surface area contributed by atoms with E-state index in [4.69, 9.17) is 16.2 Å². The highest BCUT2D eigenvalue weighted by atomic mass is 16.5. The lowest BCUT2D eigenvalue weighted by Crippen LogP contribution is -2.25. The van der Waals surface area contributed by atoms with Crippen molar-refractivity contribution in [2.45, 2.75) is 32.8 Å². The molecular weight excluding hydrogens is 242 g/mol. The van der Waals surface area contributed by atoms with Crippen LogP contribution in [0.25, 0.3) is 0 Å². The van der Waals surface area contributed by atoms with Crippen LogP contribution >= 0.6 is 0 Å². The highest BCUT2D eigenvalue weighted by Gasteiger charge is 2.08. The summed E-state index contributed by atoms with van der Waals surface area (Å²) in [7, 11) is 0. The molecule has 1 rings (SSSR count). The average Bonchev–Trinajstić information content (AvgIpc) is 2.32. The molecule has 0 radical (unpaired) electrons. The first-order valence-corrected chi connectivity index (χ1v) is 6.55. The van der Waals surface area contributed by atoms with Gasteiger partial charge < -0.3 is 21.5 Å². The van der Waals surface area contributed by atoms with E-state index in [-0.39, 0.29) is 12.0 Å². The normalized spacial score (nSPS) is 10.7. The Kier molecular flexibility index (Phi) is 6.15. The van der Waals surface area contributed by atoms with Crippen LogP contribution < -0.4 is 16.8 Å². The van der Waals surface area contributed by atoms with Crippen molar-refractivity contribution in [2.24, 2.45) is 0 Å². The Morgan fingerprint density at radius 3 is 2.68 bits per heavy atom. The lowest BCUT2D eigenvalue weighted by molar-refractivity contribution is 0.0754. The number of ether oxygens (including phenoxy) is 1. The fraction of sp³-hybridized carbons (Fsp3) is 0.500. The molecule has 0 unspecified atom stereocenters. The lowest BCUT2D eigenvalue weighted by Gasteiger charge is -2.09. The second kappa shape index (κ2) is 7.63. The predicted molar refractivity (Wildman–Crippen MR) is 77.9 cm³/mol. The van der Waals surface area contributed by atoms with Crippen LogP contribution in [0.3, 0.4) is 0 Å².